The van der Waals surface area contributed by atoms with Crippen LogP contribution in [-0.4, -0.2) is 51.9 Å². The van der Waals surface area contributed by atoms with Crippen molar-refractivity contribution in [3.05, 3.63) is 82.2 Å². The van der Waals surface area contributed by atoms with Crippen molar-refractivity contribution in [1.29, 1.82) is 0 Å². The summed E-state index contributed by atoms with van der Waals surface area (Å²) in [5.74, 6) is 0. The average molecular weight is 385 g/mol. The van der Waals surface area contributed by atoms with Gasteiger partial charge in [0.15, 0.2) is 0 Å². The van der Waals surface area contributed by atoms with E-state index in [-0.39, 0.29) is 13.2 Å². The number of azide groups is 1. The number of hydrogen-bond acceptors (Lipinski definition) is 6. The third-order valence-corrected chi connectivity index (χ3v) is 4.80. The highest BCUT2D eigenvalue weighted by molar-refractivity contribution is 5.15. The molecule has 1 saturated carbocycles. The van der Waals surface area contributed by atoms with Crippen LogP contribution in [0.25, 0.3) is 10.4 Å². The SMILES string of the molecule is [N-]=[N+]=N[C@H]1[C@@H](O)[C@@H](OCc2ccccc2)[C@H](O)[C@@H](O)[C@@H]1OCc1ccccc1. The van der Waals surface area contributed by atoms with E-state index in [2.05, 4.69) is 10.0 Å². The molecule has 0 saturated heterocycles. The fraction of sp³-hybridized carbons (Fsp3) is 0.400. The molecule has 3 rings (SSSR count). The molecule has 2 aromatic rings. The van der Waals surface area contributed by atoms with Gasteiger partial charge in [-0.15, -0.1) is 0 Å². The van der Waals surface area contributed by atoms with Gasteiger partial charge in [-0.1, -0.05) is 65.8 Å². The van der Waals surface area contributed by atoms with Gasteiger partial charge < -0.3 is 24.8 Å². The maximum absolute atomic E-state index is 10.7. The van der Waals surface area contributed by atoms with Gasteiger partial charge in [-0.25, -0.2) is 0 Å². The fourth-order valence-corrected chi connectivity index (χ4v) is 3.30. The minimum Gasteiger partial charge on any atom is -0.390 e. The monoisotopic (exact) mass is 385 g/mol. The summed E-state index contributed by atoms with van der Waals surface area (Å²) in [5.41, 5.74) is 10.6. The lowest BCUT2D eigenvalue weighted by Gasteiger charge is -2.43. The predicted molar refractivity (Wildman–Crippen MR) is 101 cm³/mol. The van der Waals surface area contributed by atoms with E-state index in [0.717, 1.165) is 11.1 Å². The first-order valence-electron chi connectivity index (χ1n) is 9.01. The van der Waals surface area contributed by atoms with Gasteiger partial charge in [0, 0.05) is 4.91 Å². The van der Waals surface area contributed by atoms with Gasteiger partial charge in [-0.2, -0.15) is 0 Å². The Morgan fingerprint density at radius 3 is 1.71 bits per heavy atom. The second-order valence-electron chi connectivity index (χ2n) is 6.69. The van der Waals surface area contributed by atoms with Gasteiger partial charge in [-0.3, -0.25) is 0 Å². The van der Waals surface area contributed by atoms with Crippen LogP contribution in [0.5, 0.6) is 0 Å². The molecule has 28 heavy (non-hydrogen) atoms. The molecule has 0 spiro atoms. The molecule has 2 aromatic carbocycles. The number of benzene rings is 2. The Morgan fingerprint density at radius 1 is 0.750 bits per heavy atom. The Kier molecular flexibility index (Phi) is 7.00. The van der Waals surface area contributed by atoms with Crippen LogP contribution < -0.4 is 0 Å². The van der Waals surface area contributed by atoms with E-state index in [4.69, 9.17) is 15.0 Å². The summed E-state index contributed by atoms with van der Waals surface area (Å²) >= 11 is 0. The Balaban J connectivity index is 1.72. The van der Waals surface area contributed by atoms with Crippen molar-refractivity contribution in [3.63, 3.8) is 0 Å². The number of nitrogens with zero attached hydrogens (tertiary/aromatic N) is 3. The Hall–Kier alpha value is -2.45. The molecule has 0 unspecified atom stereocenters. The van der Waals surface area contributed by atoms with E-state index in [0.29, 0.717) is 0 Å². The molecule has 6 atom stereocenters. The molecule has 0 heterocycles. The van der Waals surface area contributed by atoms with Gasteiger partial charge in [0.1, 0.15) is 18.3 Å². The Labute approximate surface area is 162 Å². The van der Waals surface area contributed by atoms with Gasteiger partial charge in [0.25, 0.3) is 0 Å². The topological polar surface area (TPSA) is 128 Å². The summed E-state index contributed by atoms with van der Waals surface area (Å²) in [7, 11) is 0. The zero-order valence-electron chi connectivity index (χ0n) is 15.2. The number of aliphatic hydroxyl groups excluding tert-OH is 3. The summed E-state index contributed by atoms with van der Waals surface area (Å²) in [6.07, 6.45) is -6.31. The Morgan fingerprint density at radius 2 is 1.21 bits per heavy atom. The van der Waals surface area contributed by atoms with Crippen molar-refractivity contribution in [1.82, 2.24) is 0 Å². The van der Waals surface area contributed by atoms with Crippen LogP contribution in [0.2, 0.25) is 0 Å². The second-order valence-corrected chi connectivity index (χ2v) is 6.69. The molecule has 0 aromatic heterocycles. The summed E-state index contributed by atoms with van der Waals surface area (Å²) in [5, 5.41) is 35.3. The molecule has 0 aliphatic heterocycles. The largest absolute Gasteiger partial charge is 0.390 e. The quantitative estimate of drug-likeness (QED) is 0.381. The molecular weight excluding hydrogens is 362 g/mol. The maximum atomic E-state index is 10.7. The second kappa shape index (κ2) is 9.66. The van der Waals surface area contributed by atoms with Crippen LogP contribution in [0, 0.1) is 0 Å². The van der Waals surface area contributed by atoms with Crippen LogP contribution in [0.4, 0.5) is 0 Å². The lowest BCUT2D eigenvalue weighted by molar-refractivity contribution is -0.216. The molecule has 3 N–H and O–H groups in total. The van der Waals surface area contributed by atoms with Crippen molar-refractivity contribution in [2.45, 2.75) is 49.8 Å². The molecular formula is C20H23N3O5. The highest BCUT2D eigenvalue weighted by Gasteiger charge is 2.50. The third kappa shape index (κ3) is 4.69. The molecule has 8 heteroatoms. The summed E-state index contributed by atoms with van der Waals surface area (Å²) < 4.78 is 11.4. The number of aliphatic hydroxyl groups is 3. The summed E-state index contributed by atoms with van der Waals surface area (Å²) in [4.78, 5) is 2.76. The smallest absolute Gasteiger partial charge is 0.113 e. The first kappa shape index (κ1) is 20.3. The third-order valence-electron chi connectivity index (χ3n) is 4.80. The van der Waals surface area contributed by atoms with E-state index in [1.807, 2.05) is 60.7 Å². The van der Waals surface area contributed by atoms with E-state index in [1.54, 1.807) is 0 Å². The number of hydrogen-bond donors (Lipinski definition) is 3. The molecule has 1 aliphatic rings. The van der Waals surface area contributed by atoms with Crippen LogP contribution in [0.3, 0.4) is 0 Å². The van der Waals surface area contributed by atoms with Gasteiger partial charge in [0.05, 0.1) is 31.5 Å². The van der Waals surface area contributed by atoms with Crippen LogP contribution in [-0.2, 0) is 22.7 Å². The van der Waals surface area contributed by atoms with E-state index in [9.17, 15) is 15.3 Å². The summed E-state index contributed by atoms with van der Waals surface area (Å²) in [6.45, 7) is 0.264. The van der Waals surface area contributed by atoms with E-state index < -0.39 is 36.6 Å². The lowest BCUT2D eigenvalue weighted by Crippen LogP contribution is -2.64. The summed E-state index contributed by atoms with van der Waals surface area (Å²) in [6, 6.07) is 17.4. The van der Waals surface area contributed by atoms with Crippen LogP contribution in [0.15, 0.2) is 65.8 Å². The average Bonchev–Trinajstić information content (AvgIpc) is 2.73. The molecule has 1 fully saturated rings. The maximum Gasteiger partial charge on any atom is 0.113 e. The normalized spacial score (nSPS) is 29.8. The molecule has 148 valence electrons. The molecule has 0 bridgehead atoms. The predicted octanol–water partition coefficient (Wildman–Crippen LogP) is 1.93. The van der Waals surface area contributed by atoms with E-state index in [1.165, 1.54) is 0 Å². The minimum atomic E-state index is -1.40. The van der Waals surface area contributed by atoms with Gasteiger partial charge in [-0.05, 0) is 16.7 Å². The van der Waals surface area contributed by atoms with Crippen LogP contribution >= 0.6 is 0 Å². The van der Waals surface area contributed by atoms with Crippen molar-refractivity contribution >= 4 is 0 Å². The number of ether oxygens (including phenoxy) is 2. The highest BCUT2D eigenvalue weighted by atomic mass is 16.5. The minimum absolute atomic E-state index is 0.130. The van der Waals surface area contributed by atoms with Crippen molar-refractivity contribution in [2.24, 2.45) is 5.11 Å². The molecule has 8 nitrogen and oxygen atoms in total. The molecule has 1 aliphatic carbocycles. The van der Waals surface area contributed by atoms with Crippen molar-refractivity contribution < 1.29 is 24.8 Å². The Bertz CT molecular complexity index is 785. The molecule has 0 radical (unpaired) electrons. The zero-order chi connectivity index (χ0) is 19.9. The fourth-order valence-electron chi connectivity index (χ4n) is 3.30. The first-order valence-corrected chi connectivity index (χ1v) is 9.01. The van der Waals surface area contributed by atoms with Crippen LogP contribution in [0.1, 0.15) is 11.1 Å². The van der Waals surface area contributed by atoms with Gasteiger partial charge in [0.2, 0.25) is 0 Å². The molecule has 0 amide bonds. The van der Waals surface area contributed by atoms with Crippen molar-refractivity contribution in [2.75, 3.05) is 0 Å². The standard InChI is InChI=1S/C20H23N3O5/c21-23-22-15-16(24)20(28-12-14-9-5-2-6-10-14)18(26)17(25)19(15)27-11-13-7-3-1-4-8-13/h1-10,15-20,24-26H,11-12H2/t15-,16+,17+,18+,19+,20+/m0/s1. The lowest BCUT2D eigenvalue weighted by atomic mass is 9.83. The zero-order valence-corrected chi connectivity index (χ0v) is 15.2. The van der Waals surface area contributed by atoms with Gasteiger partial charge >= 0.3 is 0 Å². The highest BCUT2D eigenvalue weighted by Crippen LogP contribution is 2.29. The van der Waals surface area contributed by atoms with E-state index >= 15 is 0 Å². The van der Waals surface area contributed by atoms with Crippen molar-refractivity contribution in [3.8, 4) is 0 Å². The number of rotatable bonds is 7. The first-order chi connectivity index (χ1) is 13.6.